The number of thiazole rings is 1. The summed E-state index contributed by atoms with van der Waals surface area (Å²) in [6.45, 7) is 7.06. The molecule has 6 heteroatoms. The molecule has 0 fully saturated rings. The predicted octanol–water partition coefficient (Wildman–Crippen LogP) is 3.10. The molecule has 5 nitrogen and oxygen atoms in total. The van der Waals surface area contributed by atoms with Gasteiger partial charge in [-0.05, 0) is 26.3 Å². The lowest BCUT2D eigenvalue weighted by atomic mass is 10.3. The lowest BCUT2D eigenvalue weighted by molar-refractivity contribution is 0.858. The normalized spacial score (nSPS) is 12.2. The second kappa shape index (κ2) is 6.47. The fourth-order valence-electron chi connectivity index (χ4n) is 1.65. The summed E-state index contributed by atoms with van der Waals surface area (Å²) < 4.78 is 0. The molecule has 0 aliphatic rings. The van der Waals surface area contributed by atoms with Gasteiger partial charge >= 0.3 is 0 Å². The van der Waals surface area contributed by atoms with Crippen molar-refractivity contribution in [3.8, 4) is 0 Å². The molecule has 1 atom stereocenters. The average Bonchev–Trinajstić information content (AvgIpc) is 2.88. The third kappa shape index (κ3) is 3.64. The molecule has 0 radical (unpaired) electrons. The number of nitrogens with one attached hydrogen (secondary N) is 2. The van der Waals surface area contributed by atoms with Gasteiger partial charge in [-0.3, -0.25) is 0 Å². The third-order valence-electron chi connectivity index (χ3n) is 2.65. The van der Waals surface area contributed by atoms with Gasteiger partial charge in [-0.15, -0.1) is 11.3 Å². The van der Waals surface area contributed by atoms with Crippen molar-refractivity contribution in [2.45, 2.75) is 33.2 Å². The Labute approximate surface area is 117 Å². The Hall–Kier alpha value is -1.69. The zero-order valence-corrected chi connectivity index (χ0v) is 12.3. The highest BCUT2D eigenvalue weighted by molar-refractivity contribution is 7.11. The first kappa shape index (κ1) is 13.7. The number of anilines is 2. The van der Waals surface area contributed by atoms with Crippen LogP contribution in [0.3, 0.4) is 0 Å². The molecule has 0 aliphatic heterocycles. The molecular formula is C13H19N5S. The van der Waals surface area contributed by atoms with E-state index in [1.54, 1.807) is 17.5 Å². The van der Waals surface area contributed by atoms with Crippen molar-refractivity contribution in [2.75, 3.05) is 17.2 Å². The van der Waals surface area contributed by atoms with Crippen LogP contribution in [0, 0.1) is 0 Å². The van der Waals surface area contributed by atoms with Gasteiger partial charge in [0.25, 0.3) is 0 Å². The first-order chi connectivity index (χ1) is 9.22. The SMILES string of the molecule is CCNc1nccc(NC(C)c2ncc(CC)s2)n1. The van der Waals surface area contributed by atoms with Crippen LogP contribution in [-0.4, -0.2) is 21.5 Å². The maximum Gasteiger partial charge on any atom is 0.224 e. The van der Waals surface area contributed by atoms with Crippen molar-refractivity contribution in [3.63, 3.8) is 0 Å². The van der Waals surface area contributed by atoms with E-state index < -0.39 is 0 Å². The van der Waals surface area contributed by atoms with Crippen LogP contribution in [0.5, 0.6) is 0 Å². The maximum atomic E-state index is 4.44. The molecule has 2 aromatic rings. The van der Waals surface area contributed by atoms with E-state index in [0.717, 1.165) is 23.8 Å². The minimum absolute atomic E-state index is 0.148. The van der Waals surface area contributed by atoms with Gasteiger partial charge in [0.15, 0.2) is 0 Å². The summed E-state index contributed by atoms with van der Waals surface area (Å²) in [7, 11) is 0. The van der Waals surface area contributed by atoms with Gasteiger partial charge in [0.2, 0.25) is 5.95 Å². The van der Waals surface area contributed by atoms with Crippen LogP contribution in [0.15, 0.2) is 18.5 Å². The highest BCUT2D eigenvalue weighted by atomic mass is 32.1. The van der Waals surface area contributed by atoms with Crippen LogP contribution in [-0.2, 0) is 6.42 Å². The van der Waals surface area contributed by atoms with Crippen LogP contribution in [0.25, 0.3) is 0 Å². The van der Waals surface area contributed by atoms with Gasteiger partial charge in [0.05, 0.1) is 6.04 Å². The summed E-state index contributed by atoms with van der Waals surface area (Å²) in [6, 6.07) is 2.01. The Morgan fingerprint density at radius 3 is 2.84 bits per heavy atom. The highest BCUT2D eigenvalue weighted by Crippen LogP contribution is 2.23. The summed E-state index contributed by atoms with van der Waals surface area (Å²) in [5.41, 5.74) is 0. The number of hydrogen-bond acceptors (Lipinski definition) is 6. The van der Waals surface area contributed by atoms with Crippen molar-refractivity contribution in [1.29, 1.82) is 0 Å². The Kier molecular flexibility index (Phi) is 4.68. The molecule has 0 aromatic carbocycles. The van der Waals surface area contributed by atoms with Gasteiger partial charge in [0.1, 0.15) is 10.8 Å². The summed E-state index contributed by atoms with van der Waals surface area (Å²) >= 11 is 1.74. The molecule has 102 valence electrons. The van der Waals surface area contributed by atoms with Crippen molar-refractivity contribution < 1.29 is 0 Å². The molecule has 0 aliphatic carbocycles. The van der Waals surface area contributed by atoms with Crippen molar-refractivity contribution in [1.82, 2.24) is 15.0 Å². The van der Waals surface area contributed by atoms with E-state index in [9.17, 15) is 0 Å². The summed E-state index contributed by atoms with van der Waals surface area (Å²) in [6.07, 6.45) is 4.73. The Morgan fingerprint density at radius 1 is 1.32 bits per heavy atom. The van der Waals surface area contributed by atoms with Crippen molar-refractivity contribution >= 4 is 23.1 Å². The van der Waals surface area contributed by atoms with E-state index in [2.05, 4.69) is 39.4 Å². The summed E-state index contributed by atoms with van der Waals surface area (Å²) in [5, 5.41) is 7.53. The summed E-state index contributed by atoms with van der Waals surface area (Å²) in [4.78, 5) is 14.3. The standard InChI is InChI=1S/C13H19N5S/c1-4-10-8-16-12(19-10)9(3)17-11-6-7-15-13(18-11)14-5-2/h6-9H,4-5H2,1-3H3,(H2,14,15,17,18). The summed E-state index contributed by atoms with van der Waals surface area (Å²) in [5.74, 6) is 1.46. The third-order valence-corrected chi connectivity index (χ3v) is 3.97. The quantitative estimate of drug-likeness (QED) is 0.849. The van der Waals surface area contributed by atoms with Gasteiger partial charge in [-0.1, -0.05) is 6.92 Å². The second-order valence-electron chi connectivity index (χ2n) is 4.18. The van der Waals surface area contributed by atoms with E-state index in [-0.39, 0.29) is 6.04 Å². The van der Waals surface area contributed by atoms with Gasteiger partial charge in [-0.25, -0.2) is 9.97 Å². The highest BCUT2D eigenvalue weighted by Gasteiger charge is 2.10. The largest absolute Gasteiger partial charge is 0.361 e. The number of aromatic nitrogens is 3. The van der Waals surface area contributed by atoms with Gasteiger partial charge in [-0.2, -0.15) is 4.98 Å². The number of aryl methyl sites for hydroxylation is 1. The van der Waals surface area contributed by atoms with Crippen molar-refractivity contribution in [2.24, 2.45) is 0 Å². The minimum atomic E-state index is 0.148. The molecule has 0 amide bonds. The average molecular weight is 277 g/mol. The lowest BCUT2D eigenvalue weighted by Crippen LogP contribution is -2.09. The molecule has 0 saturated carbocycles. The van der Waals surface area contributed by atoms with E-state index in [4.69, 9.17) is 0 Å². The molecule has 0 spiro atoms. The first-order valence-electron chi connectivity index (χ1n) is 6.51. The Morgan fingerprint density at radius 2 is 2.16 bits per heavy atom. The zero-order chi connectivity index (χ0) is 13.7. The smallest absolute Gasteiger partial charge is 0.224 e. The molecular weight excluding hydrogens is 258 g/mol. The van der Waals surface area contributed by atoms with Crippen LogP contribution in [0.1, 0.15) is 36.7 Å². The molecule has 0 bridgehead atoms. The number of nitrogens with zero attached hydrogens (tertiary/aromatic N) is 3. The van der Waals surface area contributed by atoms with Gasteiger partial charge in [0, 0.05) is 23.8 Å². The van der Waals surface area contributed by atoms with Crippen LogP contribution >= 0.6 is 11.3 Å². The van der Waals surface area contributed by atoms with E-state index >= 15 is 0 Å². The lowest BCUT2D eigenvalue weighted by Gasteiger charge is -2.12. The molecule has 2 aromatic heterocycles. The molecule has 0 saturated heterocycles. The van der Waals surface area contributed by atoms with E-state index in [1.165, 1.54) is 4.88 Å². The second-order valence-corrected chi connectivity index (χ2v) is 5.33. The topological polar surface area (TPSA) is 62.7 Å². The van der Waals surface area contributed by atoms with Crippen LogP contribution in [0.4, 0.5) is 11.8 Å². The molecule has 1 unspecified atom stereocenters. The number of rotatable bonds is 6. The predicted molar refractivity (Wildman–Crippen MR) is 79.7 cm³/mol. The maximum absolute atomic E-state index is 4.44. The molecule has 19 heavy (non-hydrogen) atoms. The monoisotopic (exact) mass is 277 g/mol. The fraction of sp³-hybridized carbons (Fsp3) is 0.462. The zero-order valence-electron chi connectivity index (χ0n) is 11.5. The fourth-order valence-corrected chi connectivity index (χ4v) is 2.51. The van der Waals surface area contributed by atoms with E-state index in [0.29, 0.717) is 5.95 Å². The first-order valence-corrected chi connectivity index (χ1v) is 7.32. The molecule has 2 heterocycles. The Balaban J connectivity index is 2.05. The van der Waals surface area contributed by atoms with Crippen LogP contribution in [0.2, 0.25) is 0 Å². The van der Waals surface area contributed by atoms with Gasteiger partial charge < -0.3 is 10.6 Å². The molecule has 2 N–H and O–H groups in total. The van der Waals surface area contributed by atoms with Crippen molar-refractivity contribution in [3.05, 3.63) is 28.3 Å². The number of hydrogen-bond donors (Lipinski definition) is 2. The Bertz CT molecular complexity index is 525. The van der Waals surface area contributed by atoms with E-state index in [1.807, 2.05) is 19.2 Å². The van der Waals surface area contributed by atoms with Crippen LogP contribution < -0.4 is 10.6 Å². The molecule has 2 rings (SSSR count). The minimum Gasteiger partial charge on any atom is -0.361 e.